The minimum absolute atomic E-state index is 0.422. The summed E-state index contributed by atoms with van der Waals surface area (Å²) < 4.78 is 0. The van der Waals surface area contributed by atoms with Gasteiger partial charge in [-0.1, -0.05) is 26.0 Å². The molecule has 0 saturated carbocycles. The molecule has 0 spiro atoms. The van der Waals surface area contributed by atoms with Crippen molar-refractivity contribution in [1.29, 1.82) is 5.26 Å². The molecule has 1 aromatic rings. The largest absolute Gasteiger partial charge is 0.306 e. The summed E-state index contributed by atoms with van der Waals surface area (Å²) in [5.41, 5.74) is 3.39. The third-order valence-electron chi connectivity index (χ3n) is 4.01. The SMILES string of the molecule is CC(C)c1ccc(C2CCN(C)CC2)cc1C#N. The van der Waals surface area contributed by atoms with Crippen molar-refractivity contribution in [2.45, 2.75) is 38.5 Å². The first-order valence-corrected chi connectivity index (χ1v) is 6.84. The lowest BCUT2D eigenvalue weighted by molar-refractivity contribution is 0.255. The second-order valence-electron chi connectivity index (χ2n) is 5.69. The quantitative estimate of drug-likeness (QED) is 0.793. The van der Waals surface area contributed by atoms with Gasteiger partial charge in [0.25, 0.3) is 0 Å². The Morgan fingerprint density at radius 3 is 2.50 bits per heavy atom. The van der Waals surface area contributed by atoms with Crippen molar-refractivity contribution in [2.75, 3.05) is 20.1 Å². The molecule has 0 N–H and O–H groups in total. The van der Waals surface area contributed by atoms with Gasteiger partial charge < -0.3 is 4.90 Å². The lowest BCUT2D eigenvalue weighted by Gasteiger charge is -2.29. The molecule has 96 valence electrons. The number of likely N-dealkylation sites (tertiary alicyclic amines) is 1. The molecule has 0 atom stereocenters. The zero-order valence-corrected chi connectivity index (χ0v) is 11.6. The highest BCUT2D eigenvalue weighted by molar-refractivity contribution is 5.43. The summed E-state index contributed by atoms with van der Waals surface area (Å²) in [5, 5.41) is 9.27. The molecule has 2 rings (SSSR count). The molecule has 2 nitrogen and oxygen atoms in total. The van der Waals surface area contributed by atoms with Crippen LogP contribution < -0.4 is 0 Å². The van der Waals surface area contributed by atoms with Gasteiger partial charge in [0, 0.05) is 0 Å². The van der Waals surface area contributed by atoms with Gasteiger partial charge in [-0.25, -0.2) is 0 Å². The highest BCUT2D eigenvalue weighted by Gasteiger charge is 2.19. The van der Waals surface area contributed by atoms with E-state index in [0.717, 1.165) is 5.56 Å². The predicted octanol–water partition coefficient (Wildman–Crippen LogP) is 3.49. The summed E-state index contributed by atoms with van der Waals surface area (Å²) in [6.45, 7) is 6.62. The maximum Gasteiger partial charge on any atom is 0.0994 e. The van der Waals surface area contributed by atoms with E-state index in [1.807, 2.05) is 0 Å². The first-order chi connectivity index (χ1) is 8.61. The molecular weight excluding hydrogens is 220 g/mol. The monoisotopic (exact) mass is 242 g/mol. The van der Waals surface area contributed by atoms with Crippen LogP contribution in [0.15, 0.2) is 18.2 Å². The Balaban J connectivity index is 2.23. The zero-order valence-electron chi connectivity index (χ0n) is 11.6. The van der Waals surface area contributed by atoms with Crippen LogP contribution in [0.3, 0.4) is 0 Å². The van der Waals surface area contributed by atoms with Crippen molar-refractivity contribution in [3.8, 4) is 6.07 Å². The molecule has 1 aliphatic heterocycles. The van der Waals surface area contributed by atoms with Crippen LogP contribution >= 0.6 is 0 Å². The molecule has 0 bridgehead atoms. The van der Waals surface area contributed by atoms with Gasteiger partial charge in [0.05, 0.1) is 11.6 Å². The molecule has 18 heavy (non-hydrogen) atoms. The first-order valence-electron chi connectivity index (χ1n) is 6.84. The van der Waals surface area contributed by atoms with Crippen LogP contribution in [0.2, 0.25) is 0 Å². The van der Waals surface area contributed by atoms with E-state index in [0.29, 0.717) is 11.8 Å². The Kier molecular flexibility index (Phi) is 4.04. The second-order valence-corrected chi connectivity index (χ2v) is 5.69. The van der Waals surface area contributed by atoms with E-state index in [-0.39, 0.29) is 0 Å². The highest BCUT2D eigenvalue weighted by Crippen LogP contribution is 2.30. The average Bonchev–Trinajstić information content (AvgIpc) is 2.38. The summed E-state index contributed by atoms with van der Waals surface area (Å²) in [6.07, 6.45) is 2.42. The second kappa shape index (κ2) is 5.54. The summed E-state index contributed by atoms with van der Waals surface area (Å²) in [5.74, 6) is 1.06. The minimum atomic E-state index is 0.422. The van der Waals surface area contributed by atoms with Crippen molar-refractivity contribution in [3.63, 3.8) is 0 Å². The number of hydrogen-bond donors (Lipinski definition) is 0. The predicted molar refractivity (Wildman–Crippen MR) is 74.7 cm³/mol. The standard InChI is InChI=1S/C16H22N2/c1-12(2)16-5-4-14(10-15(16)11-17)13-6-8-18(3)9-7-13/h4-5,10,12-13H,6-9H2,1-3H3. The molecule has 2 heteroatoms. The van der Waals surface area contributed by atoms with E-state index >= 15 is 0 Å². The first kappa shape index (κ1) is 13.1. The van der Waals surface area contributed by atoms with Crippen molar-refractivity contribution in [1.82, 2.24) is 4.90 Å². The number of piperidine rings is 1. The molecule has 0 aliphatic carbocycles. The van der Waals surface area contributed by atoms with Gasteiger partial charge >= 0.3 is 0 Å². The molecule has 0 aromatic heterocycles. The fourth-order valence-electron chi connectivity index (χ4n) is 2.77. The third-order valence-corrected chi connectivity index (χ3v) is 4.01. The van der Waals surface area contributed by atoms with Crippen molar-refractivity contribution >= 4 is 0 Å². The highest BCUT2D eigenvalue weighted by atomic mass is 15.1. The number of benzene rings is 1. The van der Waals surface area contributed by atoms with Crippen molar-refractivity contribution in [3.05, 3.63) is 34.9 Å². The fourth-order valence-corrected chi connectivity index (χ4v) is 2.77. The van der Waals surface area contributed by atoms with Crippen LogP contribution in [0.4, 0.5) is 0 Å². The van der Waals surface area contributed by atoms with Gasteiger partial charge in [-0.05, 0) is 62.0 Å². The summed E-state index contributed by atoms with van der Waals surface area (Å²) >= 11 is 0. The van der Waals surface area contributed by atoms with Gasteiger partial charge in [-0.3, -0.25) is 0 Å². The van der Waals surface area contributed by atoms with Crippen LogP contribution in [0.5, 0.6) is 0 Å². The Labute approximate surface area is 110 Å². The topological polar surface area (TPSA) is 27.0 Å². The van der Waals surface area contributed by atoms with E-state index < -0.39 is 0 Å². The van der Waals surface area contributed by atoms with E-state index in [1.54, 1.807) is 0 Å². The zero-order chi connectivity index (χ0) is 13.1. The van der Waals surface area contributed by atoms with Crippen LogP contribution in [0, 0.1) is 11.3 Å². The Morgan fingerprint density at radius 2 is 1.94 bits per heavy atom. The molecule has 1 aromatic carbocycles. The van der Waals surface area contributed by atoms with Gasteiger partial charge in [-0.2, -0.15) is 5.26 Å². The molecule has 1 saturated heterocycles. The molecule has 0 amide bonds. The number of rotatable bonds is 2. The molecule has 1 aliphatic rings. The average molecular weight is 242 g/mol. The lowest BCUT2D eigenvalue weighted by Crippen LogP contribution is -2.29. The molecule has 0 unspecified atom stereocenters. The van der Waals surface area contributed by atoms with Crippen LogP contribution in [-0.2, 0) is 0 Å². The number of nitrogens with zero attached hydrogens (tertiary/aromatic N) is 2. The molecule has 1 fully saturated rings. The minimum Gasteiger partial charge on any atom is -0.306 e. The summed E-state index contributed by atoms with van der Waals surface area (Å²) in [4.78, 5) is 2.38. The fraction of sp³-hybridized carbons (Fsp3) is 0.562. The van der Waals surface area contributed by atoms with E-state index in [1.165, 1.54) is 37.1 Å². The Bertz CT molecular complexity index is 449. The molecule has 1 heterocycles. The van der Waals surface area contributed by atoms with Gasteiger partial charge in [-0.15, -0.1) is 0 Å². The molecule has 0 radical (unpaired) electrons. The van der Waals surface area contributed by atoms with Crippen molar-refractivity contribution < 1.29 is 0 Å². The van der Waals surface area contributed by atoms with E-state index in [2.05, 4.69) is 50.1 Å². The number of hydrogen-bond acceptors (Lipinski definition) is 2. The maximum absolute atomic E-state index is 9.27. The lowest BCUT2D eigenvalue weighted by atomic mass is 9.86. The van der Waals surface area contributed by atoms with Gasteiger partial charge in [0.2, 0.25) is 0 Å². The van der Waals surface area contributed by atoms with Crippen molar-refractivity contribution in [2.24, 2.45) is 0 Å². The maximum atomic E-state index is 9.27. The normalized spacial score (nSPS) is 17.9. The van der Waals surface area contributed by atoms with E-state index in [4.69, 9.17) is 0 Å². The van der Waals surface area contributed by atoms with Gasteiger partial charge in [0.15, 0.2) is 0 Å². The van der Waals surface area contributed by atoms with Crippen LogP contribution in [0.25, 0.3) is 0 Å². The third kappa shape index (κ3) is 2.73. The van der Waals surface area contributed by atoms with Crippen LogP contribution in [-0.4, -0.2) is 25.0 Å². The van der Waals surface area contributed by atoms with E-state index in [9.17, 15) is 5.26 Å². The summed E-state index contributed by atoms with van der Waals surface area (Å²) in [6, 6.07) is 8.85. The summed E-state index contributed by atoms with van der Waals surface area (Å²) in [7, 11) is 2.18. The smallest absolute Gasteiger partial charge is 0.0994 e. The Hall–Kier alpha value is -1.33. The number of nitriles is 1. The molecular formula is C16H22N2. The van der Waals surface area contributed by atoms with Crippen LogP contribution in [0.1, 0.15) is 55.2 Å². The Morgan fingerprint density at radius 1 is 1.28 bits per heavy atom. The van der Waals surface area contributed by atoms with Gasteiger partial charge in [0.1, 0.15) is 0 Å².